The minimum atomic E-state index is -4.54. The van der Waals surface area contributed by atoms with E-state index < -0.39 is 17.6 Å². The molecule has 0 unspecified atom stereocenters. The molecule has 19 heavy (non-hydrogen) atoms. The molecule has 0 saturated carbocycles. The molecule has 2 N–H and O–H groups in total. The van der Waals surface area contributed by atoms with Gasteiger partial charge in [0.25, 0.3) is 0 Å². The lowest BCUT2D eigenvalue weighted by Crippen LogP contribution is -2.05. The first-order valence-corrected chi connectivity index (χ1v) is 5.43. The van der Waals surface area contributed by atoms with E-state index in [4.69, 9.17) is 10.2 Å². The van der Waals surface area contributed by atoms with Crippen LogP contribution in [0.4, 0.5) is 17.6 Å². The average molecular weight is 274 g/mol. The second-order valence-electron chi connectivity index (χ2n) is 3.85. The third-order valence-electron chi connectivity index (χ3n) is 2.47. The maximum absolute atomic E-state index is 13.6. The van der Waals surface area contributed by atoms with Gasteiger partial charge in [-0.05, 0) is 18.2 Å². The second kappa shape index (κ2) is 5.00. The summed E-state index contributed by atoms with van der Waals surface area (Å²) in [6.07, 6.45) is -3.02. The Kier molecular flexibility index (Phi) is 3.57. The molecule has 7 heteroatoms. The third kappa shape index (κ3) is 2.93. The van der Waals surface area contributed by atoms with Crippen LogP contribution in [-0.2, 0) is 12.6 Å². The van der Waals surface area contributed by atoms with Gasteiger partial charge in [-0.2, -0.15) is 13.2 Å². The van der Waals surface area contributed by atoms with Crippen LogP contribution in [0.1, 0.15) is 11.5 Å². The first-order valence-electron chi connectivity index (χ1n) is 5.43. The molecule has 0 spiro atoms. The van der Waals surface area contributed by atoms with E-state index in [-0.39, 0.29) is 23.8 Å². The van der Waals surface area contributed by atoms with Gasteiger partial charge in [-0.3, -0.25) is 0 Å². The maximum atomic E-state index is 13.6. The minimum absolute atomic E-state index is 0.0490. The van der Waals surface area contributed by atoms with Crippen molar-refractivity contribution in [3.63, 3.8) is 0 Å². The van der Waals surface area contributed by atoms with Gasteiger partial charge in [-0.1, -0.05) is 0 Å². The maximum Gasteiger partial charge on any atom is 0.416 e. The summed E-state index contributed by atoms with van der Waals surface area (Å²) >= 11 is 0. The van der Waals surface area contributed by atoms with Crippen LogP contribution >= 0.6 is 0 Å². The van der Waals surface area contributed by atoms with Crippen LogP contribution in [0.2, 0.25) is 0 Å². The van der Waals surface area contributed by atoms with E-state index in [9.17, 15) is 17.6 Å². The lowest BCUT2D eigenvalue weighted by atomic mass is 10.1. The van der Waals surface area contributed by atoms with Gasteiger partial charge in [0, 0.05) is 13.0 Å². The van der Waals surface area contributed by atoms with E-state index in [2.05, 4.69) is 4.98 Å². The lowest BCUT2D eigenvalue weighted by molar-refractivity contribution is -0.137. The van der Waals surface area contributed by atoms with Crippen molar-refractivity contribution in [1.29, 1.82) is 0 Å². The zero-order chi connectivity index (χ0) is 14.0. The predicted octanol–water partition coefficient (Wildman–Crippen LogP) is 3.00. The quantitative estimate of drug-likeness (QED) is 0.875. The van der Waals surface area contributed by atoms with Crippen molar-refractivity contribution in [3.8, 4) is 11.3 Å². The second-order valence-corrected chi connectivity index (χ2v) is 3.85. The number of aromatic nitrogens is 1. The van der Waals surface area contributed by atoms with Gasteiger partial charge < -0.3 is 10.2 Å². The van der Waals surface area contributed by atoms with Gasteiger partial charge in [0.05, 0.1) is 17.3 Å². The Labute approximate surface area is 106 Å². The molecule has 0 amide bonds. The molecule has 3 nitrogen and oxygen atoms in total. The lowest BCUT2D eigenvalue weighted by Gasteiger charge is -2.08. The molecule has 1 heterocycles. The average Bonchev–Trinajstić information content (AvgIpc) is 2.77. The van der Waals surface area contributed by atoms with Crippen molar-refractivity contribution in [1.82, 2.24) is 4.98 Å². The molecule has 1 aromatic carbocycles. The Bertz CT molecular complexity index is 577. The van der Waals surface area contributed by atoms with Gasteiger partial charge in [-0.15, -0.1) is 0 Å². The normalized spacial score (nSPS) is 11.8. The fourth-order valence-electron chi connectivity index (χ4n) is 1.56. The van der Waals surface area contributed by atoms with Crippen LogP contribution in [-0.4, -0.2) is 11.5 Å². The number of rotatable bonds is 3. The number of oxazole rings is 1. The van der Waals surface area contributed by atoms with E-state index in [1.807, 2.05) is 0 Å². The predicted molar refractivity (Wildman–Crippen MR) is 59.7 cm³/mol. The molecule has 0 aliphatic rings. The van der Waals surface area contributed by atoms with Crippen LogP contribution in [0.5, 0.6) is 0 Å². The van der Waals surface area contributed by atoms with E-state index in [0.717, 1.165) is 6.07 Å². The van der Waals surface area contributed by atoms with Crippen molar-refractivity contribution in [2.75, 3.05) is 6.54 Å². The highest BCUT2D eigenvalue weighted by atomic mass is 19.4. The smallest absolute Gasteiger partial charge is 0.416 e. The Morgan fingerprint density at radius 3 is 2.63 bits per heavy atom. The number of hydrogen-bond donors (Lipinski definition) is 1. The molecule has 0 fully saturated rings. The summed E-state index contributed by atoms with van der Waals surface area (Å²) < 4.78 is 56.4. The number of alkyl halides is 3. The summed E-state index contributed by atoms with van der Waals surface area (Å²) in [6, 6.07) is 2.13. The summed E-state index contributed by atoms with van der Waals surface area (Å²) in [5, 5.41) is 0. The summed E-state index contributed by atoms with van der Waals surface area (Å²) in [5.74, 6) is -0.593. The standard InChI is InChI=1S/C12H10F4N2O/c13-9-2-1-7(12(14,15)16)5-8(9)10-6-18-11(19-10)3-4-17/h1-2,5-6H,3-4,17H2. The summed E-state index contributed by atoms with van der Waals surface area (Å²) in [5.41, 5.74) is 4.08. The molecular weight excluding hydrogens is 264 g/mol. The summed E-state index contributed by atoms with van der Waals surface area (Å²) in [4.78, 5) is 3.82. The highest BCUT2D eigenvalue weighted by Gasteiger charge is 2.31. The highest BCUT2D eigenvalue weighted by molar-refractivity contribution is 5.58. The topological polar surface area (TPSA) is 52.0 Å². The fraction of sp³-hybridized carbons (Fsp3) is 0.250. The van der Waals surface area contributed by atoms with Gasteiger partial charge >= 0.3 is 6.18 Å². The van der Waals surface area contributed by atoms with E-state index >= 15 is 0 Å². The van der Waals surface area contributed by atoms with E-state index in [0.29, 0.717) is 18.6 Å². The van der Waals surface area contributed by atoms with Gasteiger partial charge in [0.15, 0.2) is 11.7 Å². The number of nitrogens with two attached hydrogens (primary N) is 1. The van der Waals surface area contributed by atoms with Crippen LogP contribution in [0.15, 0.2) is 28.8 Å². The van der Waals surface area contributed by atoms with Crippen LogP contribution in [0.3, 0.4) is 0 Å². The first kappa shape index (κ1) is 13.5. The number of benzene rings is 1. The largest absolute Gasteiger partial charge is 0.441 e. The van der Waals surface area contributed by atoms with Crippen molar-refractivity contribution >= 4 is 0 Å². The first-order chi connectivity index (χ1) is 8.91. The Hall–Kier alpha value is -1.89. The zero-order valence-electron chi connectivity index (χ0n) is 9.67. The molecule has 0 saturated heterocycles. The van der Waals surface area contributed by atoms with Crippen molar-refractivity contribution in [2.24, 2.45) is 5.73 Å². The van der Waals surface area contributed by atoms with Gasteiger partial charge in [0.1, 0.15) is 5.82 Å². The van der Waals surface area contributed by atoms with Crippen LogP contribution in [0, 0.1) is 5.82 Å². The number of halogens is 4. The Balaban J connectivity index is 2.42. The fourth-order valence-corrected chi connectivity index (χ4v) is 1.56. The van der Waals surface area contributed by atoms with Crippen LogP contribution in [0.25, 0.3) is 11.3 Å². The Morgan fingerprint density at radius 2 is 2.00 bits per heavy atom. The highest BCUT2D eigenvalue weighted by Crippen LogP contribution is 2.33. The molecule has 2 rings (SSSR count). The van der Waals surface area contributed by atoms with Crippen LogP contribution < -0.4 is 5.73 Å². The molecule has 102 valence electrons. The number of hydrogen-bond acceptors (Lipinski definition) is 3. The van der Waals surface area contributed by atoms with E-state index in [1.54, 1.807) is 0 Å². The molecule has 0 atom stereocenters. The monoisotopic (exact) mass is 274 g/mol. The van der Waals surface area contributed by atoms with Crippen molar-refractivity contribution < 1.29 is 22.0 Å². The molecular formula is C12H10F4N2O. The Morgan fingerprint density at radius 1 is 1.26 bits per heavy atom. The van der Waals surface area contributed by atoms with Crippen molar-refractivity contribution in [2.45, 2.75) is 12.6 Å². The third-order valence-corrected chi connectivity index (χ3v) is 2.47. The van der Waals surface area contributed by atoms with Crippen molar-refractivity contribution in [3.05, 3.63) is 41.7 Å². The molecule has 2 aromatic rings. The van der Waals surface area contributed by atoms with Gasteiger partial charge in [0.2, 0.25) is 0 Å². The van der Waals surface area contributed by atoms with Gasteiger partial charge in [-0.25, -0.2) is 9.37 Å². The molecule has 0 radical (unpaired) electrons. The summed E-state index contributed by atoms with van der Waals surface area (Å²) in [6.45, 7) is 0.283. The molecule has 0 bridgehead atoms. The van der Waals surface area contributed by atoms with E-state index in [1.165, 1.54) is 6.20 Å². The molecule has 1 aromatic heterocycles. The SMILES string of the molecule is NCCc1ncc(-c2cc(C(F)(F)F)ccc2F)o1. The number of nitrogens with zero attached hydrogens (tertiary/aromatic N) is 1. The zero-order valence-corrected chi connectivity index (χ0v) is 9.67. The molecule has 0 aliphatic carbocycles. The molecule has 0 aliphatic heterocycles. The minimum Gasteiger partial charge on any atom is -0.441 e. The summed E-state index contributed by atoms with van der Waals surface area (Å²) in [7, 11) is 0.